The Morgan fingerprint density at radius 3 is 2.71 bits per heavy atom. The number of ether oxygens (including phenoxy) is 1. The molecule has 0 aromatic heterocycles. The van der Waals surface area contributed by atoms with E-state index in [0.29, 0.717) is 27.2 Å². The number of halogens is 2. The zero-order valence-corrected chi connectivity index (χ0v) is 12.8. The molecule has 0 atom stereocenters. The van der Waals surface area contributed by atoms with Crippen LogP contribution < -0.4 is 15.4 Å². The molecule has 0 heterocycles. The Balaban J connectivity index is 1.92. The molecule has 6 heteroatoms. The smallest absolute Gasteiger partial charge is 0.243 e. The Morgan fingerprint density at radius 1 is 1.19 bits per heavy atom. The van der Waals surface area contributed by atoms with Gasteiger partial charge in [-0.1, -0.05) is 29.3 Å². The highest BCUT2D eigenvalue weighted by molar-refractivity contribution is 6.36. The van der Waals surface area contributed by atoms with Crippen molar-refractivity contribution in [2.45, 2.75) is 0 Å². The van der Waals surface area contributed by atoms with Crippen LogP contribution in [0.15, 0.2) is 42.5 Å². The summed E-state index contributed by atoms with van der Waals surface area (Å²) in [4.78, 5) is 11.9. The summed E-state index contributed by atoms with van der Waals surface area (Å²) in [5.41, 5.74) is 1.32. The normalized spacial score (nSPS) is 10.0. The van der Waals surface area contributed by atoms with Gasteiger partial charge in [0.15, 0.2) is 0 Å². The number of carbonyl (C=O) groups excluding carboxylic acids is 1. The van der Waals surface area contributed by atoms with Gasteiger partial charge in [0.25, 0.3) is 0 Å². The minimum atomic E-state index is -0.186. The maximum absolute atomic E-state index is 11.9. The number of benzene rings is 2. The fraction of sp³-hybridized carbons (Fsp3) is 0.133. The average molecular weight is 325 g/mol. The summed E-state index contributed by atoms with van der Waals surface area (Å²) in [5.74, 6) is 0.496. The second kappa shape index (κ2) is 7.20. The Kier molecular flexibility index (Phi) is 5.31. The molecule has 2 aromatic rings. The van der Waals surface area contributed by atoms with Crippen LogP contribution in [-0.2, 0) is 4.79 Å². The minimum absolute atomic E-state index is 0.0958. The molecular formula is C15H14Cl2N2O2. The third kappa shape index (κ3) is 4.55. The minimum Gasteiger partial charge on any atom is -0.497 e. The van der Waals surface area contributed by atoms with E-state index in [1.165, 1.54) is 0 Å². The van der Waals surface area contributed by atoms with E-state index in [-0.39, 0.29) is 12.5 Å². The molecule has 2 rings (SSSR count). The van der Waals surface area contributed by atoms with Crippen LogP contribution in [0.2, 0.25) is 10.0 Å². The van der Waals surface area contributed by atoms with Crippen molar-refractivity contribution >= 4 is 40.5 Å². The molecule has 21 heavy (non-hydrogen) atoms. The van der Waals surface area contributed by atoms with Crippen LogP contribution >= 0.6 is 23.2 Å². The highest BCUT2D eigenvalue weighted by atomic mass is 35.5. The van der Waals surface area contributed by atoms with Crippen LogP contribution in [-0.4, -0.2) is 19.6 Å². The van der Waals surface area contributed by atoms with E-state index in [1.807, 2.05) is 0 Å². The van der Waals surface area contributed by atoms with Crippen molar-refractivity contribution in [3.8, 4) is 5.75 Å². The molecule has 0 aliphatic carbocycles. The van der Waals surface area contributed by atoms with Gasteiger partial charge in [-0.2, -0.15) is 0 Å². The van der Waals surface area contributed by atoms with Crippen LogP contribution in [0, 0.1) is 0 Å². The molecule has 0 saturated carbocycles. The average Bonchev–Trinajstić information content (AvgIpc) is 2.46. The molecule has 0 aliphatic heterocycles. The van der Waals surface area contributed by atoms with Crippen LogP contribution in [0.25, 0.3) is 0 Å². The quantitative estimate of drug-likeness (QED) is 0.872. The summed E-state index contributed by atoms with van der Waals surface area (Å²) < 4.78 is 5.10. The predicted molar refractivity (Wildman–Crippen MR) is 86.6 cm³/mol. The first-order valence-electron chi connectivity index (χ1n) is 6.21. The van der Waals surface area contributed by atoms with E-state index in [4.69, 9.17) is 27.9 Å². The molecule has 4 nitrogen and oxygen atoms in total. The fourth-order valence-electron chi connectivity index (χ4n) is 1.71. The number of rotatable bonds is 5. The molecule has 0 unspecified atom stereocenters. The predicted octanol–water partition coefficient (Wildman–Crippen LogP) is 4.05. The van der Waals surface area contributed by atoms with E-state index >= 15 is 0 Å². The van der Waals surface area contributed by atoms with E-state index in [9.17, 15) is 4.79 Å². The fourth-order valence-corrected chi connectivity index (χ4v) is 2.19. The second-order valence-corrected chi connectivity index (χ2v) is 5.10. The van der Waals surface area contributed by atoms with Gasteiger partial charge in [0.2, 0.25) is 5.91 Å². The Hall–Kier alpha value is -1.91. The molecule has 2 aromatic carbocycles. The van der Waals surface area contributed by atoms with Gasteiger partial charge in [-0.3, -0.25) is 4.79 Å². The first kappa shape index (κ1) is 15.5. The first-order valence-corrected chi connectivity index (χ1v) is 6.97. The zero-order chi connectivity index (χ0) is 15.2. The lowest BCUT2D eigenvalue weighted by molar-refractivity contribution is -0.114. The maximum Gasteiger partial charge on any atom is 0.243 e. The van der Waals surface area contributed by atoms with Crippen molar-refractivity contribution in [1.82, 2.24) is 0 Å². The Labute approximate surface area is 133 Å². The van der Waals surface area contributed by atoms with Crippen molar-refractivity contribution in [3.63, 3.8) is 0 Å². The lowest BCUT2D eigenvalue weighted by atomic mass is 10.3. The number of nitrogens with one attached hydrogen (secondary N) is 2. The SMILES string of the molecule is COc1cccc(NC(=O)CNc2ccc(Cl)cc2Cl)c1. The molecule has 1 amide bonds. The Bertz CT molecular complexity index is 647. The zero-order valence-electron chi connectivity index (χ0n) is 11.3. The van der Waals surface area contributed by atoms with E-state index in [2.05, 4.69) is 10.6 Å². The van der Waals surface area contributed by atoms with Gasteiger partial charge < -0.3 is 15.4 Å². The summed E-state index contributed by atoms with van der Waals surface area (Å²) in [6.07, 6.45) is 0. The molecule has 0 radical (unpaired) electrons. The third-order valence-corrected chi connectivity index (χ3v) is 3.27. The largest absolute Gasteiger partial charge is 0.497 e. The van der Waals surface area contributed by atoms with Crippen molar-refractivity contribution in [1.29, 1.82) is 0 Å². The molecule has 0 bridgehead atoms. The number of methoxy groups -OCH3 is 1. The van der Waals surface area contributed by atoms with Gasteiger partial charge in [-0.25, -0.2) is 0 Å². The van der Waals surface area contributed by atoms with Crippen molar-refractivity contribution in [2.75, 3.05) is 24.3 Å². The summed E-state index contributed by atoms with van der Waals surface area (Å²) >= 11 is 11.8. The first-order chi connectivity index (χ1) is 10.1. The van der Waals surface area contributed by atoms with Gasteiger partial charge in [-0.05, 0) is 30.3 Å². The molecule has 110 valence electrons. The van der Waals surface area contributed by atoms with Crippen molar-refractivity contribution in [2.24, 2.45) is 0 Å². The van der Waals surface area contributed by atoms with Gasteiger partial charge in [0.1, 0.15) is 5.75 Å². The summed E-state index contributed by atoms with van der Waals surface area (Å²) in [6, 6.07) is 12.2. The van der Waals surface area contributed by atoms with Crippen LogP contribution in [0.1, 0.15) is 0 Å². The van der Waals surface area contributed by atoms with Crippen LogP contribution in [0.4, 0.5) is 11.4 Å². The van der Waals surface area contributed by atoms with Crippen molar-refractivity contribution in [3.05, 3.63) is 52.5 Å². The number of anilines is 2. The lowest BCUT2D eigenvalue weighted by Crippen LogP contribution is -2.21. The molecule has 0 aliphatic rings. The number of hydrogen-bond acceptors (Lipinski definition) is 3. The maximum atomic E-state index is 11.9. The molecule has 0 fully saturated rings. The monoisotopic (exact) mass is 324 g/mol. The summed E-state index contributed by atoms with van der Waals surface area (Å²) in [6.45, 7) is 0.0958. The number of carbonyl (C=O) groups is 1. The van der Waals surface area contributed by atoms with Gasteiger partial charge >= 0.3 is 0 Å². The summed E-state index contributed by atoms with van der Waals surface area (Å²) in [7, 11) is 1.57. The van der Waals surface area contributed by atoms with Crippen LogP contribution in [0.5, 0.6) is 5.75 Å². The summed E-state index contributed by atoms with van der Waals surface area (Å²) in [5, 5.41) is 6.74. The van der Waals surface area contributed by atoms with Crippen LogP contribution in [0.3, 0.4) is 0 Å². The third-order valence-electron chi connectivity index (χ3n) is 2.72. The standard InChI is InChI=1S/C15H14Cl2N2O2/c1-21-12-4-2-3-11(8-12)19-15(20)9-18-14-6-5-10(16)7-13(14)17/h2-8,18H,9H2,1H3,(H,19,20). The molecule has 2 N–H and O–H groups in total. The number of amides is 1. The second-order valence-electron chi connectivity index (χ2n) is 4.26. The van der Waals surface area contributed by atoms with Crippen molar-refractivity contribution < 1.29 is 9.53 Å². The van der Waals surface area contributed by atoms with E-state index in [0.717, 1.165) is 0 Å². The van der Waals surface area contributed by atoms with Gasteiger partial charge in [0.05, 0.1) is 24.4 Å². The topological polar surface area (TPSA) is 50.4 Å². The highest BCUT2D eigenvalue weighted by Crippen LogP contribution is 2.25. The molecule has 0 spiro atoms. The van der Waals surface area contributed by atoms with E-state index in [1.54, 1.807) is 49.6 Å². The molecular weight excluding hydrogens is 311 g/mol. The Morgan fingerprint density at radius 2 is 2.00 bits per heavy atom. The highest BCUT2D eigenvalue weighted by Gasteiger charge is 2.05. The van der Waals surface area contributed by atoms with E-state index < -0.39 is 0 Å². The van der Waals surface area contributed by atoms with Gasteiger partial charge in [-0.15, -0.1) is 0 Å². The number of hydrogen-bond donors (Lipinski definition) is 2. The molecule has 0 saturated heterocycles. The van der Waals surface area contributed by atoms with Gasteiger partial charge in [0, 0.05) is 16.8 Å². The lowest BCUT2D eigenvalue weighted by Gasteiger charge is -2.10.